The second-order valence-corrected chi connectivity index (χ2v) is 9.40. The number of ether oxygens (including phenoxy) is 3. The van der Waals surface area contributed by atoms with Crippen LogP contribution in [-0.4, -0.2) is 36.5 Å². The van der Waals surface area contributed by atoms with Crippen LogP contribution in [0, 0.1) is 0 Å². The van der Waals surface area contributed by atoms with E-state index in [-0.39, 0.29) is 23.5 Å². The molecule has 36 heavy (non-hydrogen) atoms. The zero-order valence-corrected chi connectivity index (χ0v) is 21.8. The maximum atomic E-state index is 13.6. The third-order valence-corrected chi connectivity index (χ3v) is 7.06. The first kappa shape index (κ1) is 25.5. The predicted octanol–water partition coefficient (Wildman–Crippen LogP) is 3.37. The number of halogens is 1. The number of carbonyl (C=O) groups excluding carboxylic acids is 1. The van der Waals surface area contributed by atoms with E-state index in [1.165, 1.54) is 36.2 Å². The summed E-state index contributed by atoms with van der Waals surface area (Å²) in [4.78, 5) is 31.7. The summed E-state index contributed by atoms with van der Waals surface area (Å²) in [5.41, 5.74) is 1.66. The van der Waals surface area contributed by atoms with Crippen molar-refractivity contribution in [2.45, 2.75) is 26.3 Å². The zero-order valence-electron chi connectivity index (χ0n) is 20.2. The molecule has 1 aliphatic heterocycles. The number of aromatic hydroxyl groups is 1. The zero-order chi connectivity index (χ0) is 26.0. The summed E-state index contributed by atoms with van der Waals surface area (Å²) in [5, 5.41) is 10.6. The average Bonchev–Trinajstić information content (AvgIpc) is 3.17. The Morgan fingerprint density at radius 2 is 1.94 bits per heavy atom. The smallest absolute Gasteiger partial charge is 0.338 e. The molecule has 1 aromatic heterocycles. The molecule has 0 fully saturated rings. The molecule has 0 unspecified atom stereocenters. The Morgan fingerprint density at radius 1 is 1.19 bits per heavy atom. The van der Waals surface area contributed by atoms with E-state index < -0.39 is 12.0 Å². The summed E-state index contributed by atoms with van der Waals surface area (Å²) in [6, 6.07) is 9.23. The SMILES string of the molecule is CCOC(=O)C1=C(C)N=c2s/c(=C\Cc3cc(Cl)ccc3O)c(=O)n2[C@@H]1c1ccc(OC)c(OC)c1. The Morgan fingerprint density at radius 3 is 2.64 bits per heavy atom. The van der Waals surface area contributed by atoms with Crippen molar-refractivity contribution in [3.63, 3.8) is 0 Å². The van der Waals surface area contributed by atoms with Gasteiger partial charge in [0.25, 0.3) is 5.56 Å². The highest BCUT2D eigenvalue weighted by Crippen LogP contribution is 2.36. The number of hydrogen-bond acceptors (Lipinski definition) is 8. The maximum absolute atomic E-state index is 13.6. The highest BCUT2D eigenvalue weighted by Gasteiger charge is 2.33. The second kappa shape index (κ2) is 10.6. The largest absolute Gasteiger partial charge is 0.508 e. The van der Waals surface area contributed by atoms with Crippen LogP contribution in [0.15, 0.2) is 57.5 Å². The summed E-state index contributed by atoms with van der Waals surface area (Å²) in [6.45, 7) is 3.63. The van der Waals surface area contributed by atoms with Crippen LogP contribution in [0.3, 0.4) is 0 Å². The Balaban J connectivity index is 1.90. The molecule has 1 aliphatic rings. The van der Waals surface area contributed by atoms with E-state index in [0.717, 1.165) is 0 Å². The summed E-state index contributed by atoms with van der Waals surface area (Å²) >= 11 is 7.27. The number of nitrogens with zero attached hydrogens (tertiary/aromatic N) is 2. The fourth-order valence-electron chi connectivity index (χ4n) is 4.09. The lowest BCUT2D eigenvalue weighted by molar-refractivity contribution is -0.139. The number of allylic oxidation sites excluding steroid dienone is 1. The topological polar surface area (TPSA) is 99.4 Å². The Hall–Kier alpha value is -3.56. The third kappa shape index (κ3) is 4.76. The first-order valence-electron chi connectivity index (χ1n) is 11.2. The van der Waals surface area contributed by atoms with Crippen LogP contribution in [0.2, 0.25) is 5.02 Å². The maximum Gasteiger partial charge on any atom is 0.338 e. The van der Waals surface area contributed by atoms with Crippen LogP contribution in [-0.2, 0) is 16.0 Å². The van der Waals surface area contributed by atoms with Gasteiger partial charge in [0.1, 0.15) is 5.75 Å². The summed E-state index contributed by atoms with van der Waals surface area (Å²) < 4.78 is 18.1. The van der Waals surface area contributed by atoms with E-state index in [1.807, 2.05) is 0 Å². The van der Waals surface area contributed by atoms with Crippen LogP contribution in [0.25, 0.3) is 6.08 Å². The monoisotopic (exact) mass is 528 g/mol. The third-order valence-electron chi connectivity index (χ3n) is 5.79. The molecule has 188 valence electrons. The molecule has 2 aromatic carbocycles. The molecule has 4 rings (SSSR count). The molecule has 0 aliphatic carbocycles. The first-order valence-corrected chi connectivity index (χ1v) is 12.4. The number of benzene rings is 2. The summed E-state index contributed by atoms with van der Waals surface area (Å²) in [6.07, 6.45) is 2.02. The average molecular weight is 529 g/mol. The number of rotatable bonds is 7. The van der Waals surface area contributed by atoms with Crippen LogP contribution < -0.4 is 24.4 Å². The van der Waals surface area contributed by atoms with Crippen molar-refractivity contribution in [1.29, 1.82) is 0 Å². The van der Waals surface area contributed by atoms with E-state index in [9.17, 15) is 14.7 Å². The predicted molar refractivity (Wildman–Crippen MR) is 138 cm³/mol. The second-order valence-electron chi connectivity index (χ2n) is 7.95. The van der Waals surface area contributed by atoms with Gasteiger partial charge in [-0.1, -0.05) is 35.1 Å². The van der Waals surface area contributed by atoms with E-state index in [0.29, 0.717) is 49.1 Å². The highest BCUT2D eigenvalue weighted by atomic mass is 35.5. The lowest BCUT2D eigenvalue weighted by Crippen LogP contribution is -2.40. The number of esters is 1. The molecule has 0 spiro atoms. The van der Waals surface area contributed by atoms with Crippen molar-refractivity contribution in [2.24, 2.45) is 4.99 Å². The molecule has 3 aromatic rings. The van der Waals surface area contributed by atoms with E-state index in [2.05, 4.69) is 4.99 Å². The van der Waals surface area contributed by atoms with Crippen LogP contribution in [0.4, 0.5) is 0 Å². The number of hydrogen-bond donors (Lipinski definition) is 1. The molecular formula is C26H25ClN2O6S. The first-order chi connectivity index (χ1) is 17.3. The van der Waals surface area contributed by atoms with Crippen molar-refractivity contribution in [3.8, 4) is 17.2 Å². The van der Waals surface area contributed by atoms with Gasteiger partial charge in [-0.05, 0) is 61.7 Å². The number of thiazole rings is 1. The molecule has 0 radical (unpaired) electrons. The Labute approximate surface area is 216 Å². The van der Waals surface area contributed by atoms with Gasteiger partial charge in [-0.3, -0.25) is 9.36 Å². The van der Waals surface area contributed by atoms with Crippen molar-refractivity contribution in [3.05, 3.63) is 83.5 Å². The van der Waals surface area contributed by atoms with Gasteiger partial charge in [-0.25, -0.2) is 9.79 Å². The standard InChI is InChI=1S/C26H25ClN2O6S/c1-5-35-25(32)22-14(2)28-26-29(23(22)16-6-10-19(33-3)20(13-16)34-4)24(31)21(36-26)11-7-15-12-17(27)8-9-18(15)30/h6,8-13,23,30H,5,7H2,1-4H3/b21-11-/t23-/m1/s1. The van der Waals surface area contributed by atoms with Gasteiger partial charge in [0.05, 0.1) is 42.7 Å². The number of aromatic nitrogens is 1. The van der Waals surface area contributed by atoms with Gasteiger partial charge in [0, 0.05) is 5.02 Å². The lowest BCUT2D eigenvalue weighted by atomic mass is 9.95. The van der Waals surface area contributed by atoms with Gasteiger partial charge in [0.15, 0.2) is 16.3 Å². The summed E-state index contributed by atoms with van der Waals surface area (Å²) in [5.74, 6) is 0.531. The minimum Gasteiger partial charge on any atom is -0.508 e. The fourth-order valence-corrected chi connectivity index (χ4v) is 5.30. The molecule has 0 saturated heterocycles. The van der Waals surface area contributed by atoms with Gasteiger partial charge in [-0.2, -0.15) is 0 Å². The molecule has 1 atom stereocenters. The van der Waals surface area contributed by atoms with E-state index in [4.69, 9.17) is 25.8 Å². The van der Waals surface area contributed by atoms with Crippen molar-refractivity contribution in [1.82, 2.24) is 4.57 Å². The Bertz CT molecular complexity index is 1540. The molecule has 8 nitrogen and oxygen atoms in total. The van der Waals surface area contributed by atoms with E-state index >= 15 is 0 Å². The van der Waals surface area contributed by atoms with Gasteiger partial charge in [-0.15, -0.1) is 0 Å². The fraction of sp³-hybridized carbons (Fsp3) is 0.269. The normalized spacial score (nSPS) is 15.4. The molecule has 0 amide bonds. The van der Waals surface area contributed by atoms with Crippen molar-refractivity contribution >= 4 is 35.0 Å². The van der Waals surface area contributed by atoms with Crippen LogP contribution in [0.1, 0.15) is 31.0 Å². The quantitative estimate of drug-likeness (QED) is 0.472. The molecular weight excluding hydrogens is 504 g/mol. The van der Waals surface area contributed by atoms with Crippen LogP contribution >= 0.6 is 22.9 Å². The van der Waals surface area contributed by atoms with Gasteiger partial charge >= 0.3 is 5.97 Å². The minimum atomic E-state index is -0.776. The van der Waals surface area contributed by atoms with Crippen LogP contribution in [0.5, 0.6) is 17.2 Å². The number of carbonyl (C=O) groups is 1. The van der Waals surface area contributed by atoms with Gasteiger partial charge in [0.2, 0.25) is 0 Å². The molecule has 2 heterocycles. The number of phenolic OH excluding ortho intramolecular Hbond substituents is 1. The summed E-state index contributed by atoms with van der Waals surface area (Å²) in [7, 11) is 3.05. The van der Waals surface area contributed by atoms with Crippen molar-refractivity contribution < 1.29 is 24.1 Å². The molecule has 0 saturated carbocycles. The molecule has 0 bridgehead atoms. The minimum absolute atomic E-state index is 0.0899. The Kier molecular flexibility index (Phi) is 7.51. The van der Waals surface area contributed by atoms with Gasteiger partial charge < -0.3 is 19.3 Å². The molecule has 1 N–H and O–H groups in total. The van der Waals surface area contributed by atoms with Crippen molar-refractivity contribution in [2.75, 3.05) is 20.8 Å². The number of methoxy groups -OCH3 is 2. The molecule has 10 heteroatoms. The number of fused-ring (bicyclic) bond motifs is 1. The highest BCUT2D eigenvalue weighted by molar-refractivity contribution is 7.07. The number of phenols is 1. The van der Waals surface area contributed by atoms with E-state index in [1.54, 1.807) is 50.3 Å². The lowest BCUT2D eigenvalue weighted by Gasteiger charge is -2.25.